The lowest BCUT2D eigenvalue weighted by Crippen LogP contribution is -2.25. The van der Waals surface area contributed by atoms with Gasteiger partial charge in [0.25, 0.3) is 5.91 Å². The lowest BCUT2D eigenvalue weighted by molar-refractivity contribution is 0.0947. The van der Waals surface area contributed by atoms with Crippen molar-refractivity contribution in [1.82, 2.24) is 15.5 Å². The summed E-state index contributed by atoms with van der Waals surface area (Å²) in [6.07, 6.45) is 4.03. The Balaban J connectivity index is 1.68. The van der Waals surface area contributed by atoms with Crippen LogP contribution in [0, 0.1) is 5.92 Å². The van der Waals surface area contributed by atoms with Crippen molar-refractivity contribution in [1.29, 1.82) is 0 Å². The normalized spacial score (nSPS) is 14.8. The minimum Gasteiger partial charge on any atom is -0.463 e. The summed E-state index contributed by atoms with van der Waals surface area (Å²) in [4.78, 5) is 11.7. The second-order valence-electron chi connectivity index (χ2n) is 4.30. The van der Waals surface area contributed by atoms with Gasteiger partial charge in [-0.3, -0.25) is 9.89 Å². The summed E-state index contributed by atoms with van der Waals surface area (Å²) in [5.41, 5.74) is 1.11. The molecule has 1 saturated carbocycles. The highest BCUT2D eigenvalue weighted by molar-refractivity contribution is 5.93. The molecule has 5 nitrogen and oxygen atoms in total. The molecule has 0 unspecified atom stereocenters. The zero-order valence-corrected chi connectivity index (χ0v) is 9.27. The molecule has 0 aromatic carbocycles. The first-order chi connectivity index (χ1) is 8.33. The number of rotatable bonds is 4. The van der Waals surface area contributed by atoms with Gasteiger partial charge in [-0.2, -0.15) is 5.10 Å². The average molecular weight is 231 g/mol. The summed E-state index contributed by atoms with van der Waals surface area (Å²) in [6, 6.07) is 5.31. The summed E-state index contributed by atoms with van der Waals surface area (Å²) < 4.78 is 5.22. The topological polar surface area (TPSA) is 70.9 Å². The Morgan fingerprint density at radius 2 is 2.47 bits per heavy atom. The number of amides is 1. The van der Waals surface area contributed by atoms with E-state index in [9.17, 15) is 4.79 Å². The lowest BCUT2D eigenvalue weighted by atomic mass is 10.3. The van der Waals surface area contributed by atoms with Gasteiger partial charge < -0.3 is 9.73 Å². The Bertz CT molecular complexity index is 512. The van der Waals surface area contributed by atoms with Gasteiger partial charge in [0.05, 0.1) is 6.26 Å². The van der Waals surface area contributed by atoms with Gasteiger partial charge in [0.1, 0.15) is 5.69 Å². The third-order valence-corrected chi connectivity index (χ3v) is 2.85. The lowest BCUT2D eigenvalue weighted by Gasteiger charge is -1.99. The molecule has 88 valence electrons. The maximum absolute atomic E-state index is 11.7. The number of nitrogens with zero attached hydrogens (tertiary/aromatic N) is 1. The van der Waals surface area contributed by atoms with Crippen LogP contribution in [-0.4, -0.2) is 22.6 Å². The molecule has 0 spiro atoms. The Morgan fingerprint density at radius 1 is 1.59 bits per heavy atom. The van der Waals surface area contributed by atoms with Gasteiger partial charge in [0.15, 0.2) is 11.5 Å². The molecule has 2 aromatic rings. The Kier molecular flexibility index (Phi) is 2.44. The smallest absolute Gasteiger partial charge is 0.271 e. The predicted molar refractivity (Wildman–Crippen MR) is 61.3 cm³/mol. The zero-order chi connectivity index (χ0) is 11.7. The van der Waals surface area contributed by atoms with Gasteiger partial charge in [-0.05, 0) is 30.9 Å². The van der Waals surface area contributed by atoms with Gasteiger partial charge in [-0.15, -0.1) is 0 Å². The number of H-pyrrole nitrogens is 1. The van der Waals surface area contributed by atoms with Gasteiger partial charge in [0, 0.05) is 12.6 Å². The second-order valence-corrected chi connectivity index (χ2v) is 4.30. The maximum atomic E-state index is 11.7. The van der Waals surface area contributed by atoms with Gasteiger partial charge in [-0.25, -0.2) is 0 Å². The summed E-state index contributed by atoms with van der Waals surface area (Å²) in [5, 5.41) is 9.63. The largest absolute Gasteiger partial charge is 0.463 e. The molecule has 1 fully saturated rings. The van der Waals surface area contributed by atoms with Crippen LogP contribution in [0.4, 0.5) is 0 Å². The summed E-state index contributed by atoms with van der Waals surface area (Å²) >= 11 is 0. The van der Waals surface area contributed by atoms with Crippen LogP contribution >= 0.6 is 0 Å². The van der Waals surface area contributed by atoms with Crippen molar-refractivity contribution in [2.24, 2.45) is 5.92 Å². The molecule has 1 aliphatic carbocycles. The molecule has 0 bridgehead atoms. The molecule has 0 aliphatic heterocycles. The Morgan fingerprint density at radius 3 is 3.18 bits per heavy atom. The van der Waals surface area contributed by atoms with E-state index in [1.807, 2.05) is 6.07 Å². The van der Waals surface area contributed by atoms with E-state index < -0.39 is 0 Å². The van der Waals surface area contributed by atoms with E-state index in [-0.39, 0.29) is 5.91 Å². The van der Waals surface area contributed by atoms with E-state index in [1.165, 1.54) is 12.8 Å². The molecule has 0 radical (unpaired) electrons. The summed E-state index contributed by atoms with van der Waals surface area (Å²) in [7, 11) is 0. The van der Waals surface area contributed by atoms with Crippen molar-refractivity contribution in [3.05, 3.63) is 30.2 Å². The number of nitrogens with one attached hydrogen (secondary N) is 2. The highest BCUT2D eigenvalue weighted by Crippen LogP contribution is 2.27. The highest BCUT2D eigenvalue weighted by atomic mass is 16.3. The number of carbonyl (C=O) groups is 1. The number of carbonyl (C=O) groups excluding carboxylic acids is 1. The molecule has 2 heterocycles. The molecule has 0 saturated heterocycles. The fourth-order valence-corrected chi connectivity index (χ4v) is 1.65. The molecular formula is C12H13N3O2. The molecule has 0 atom stereocenters. The van der Waals surface area contributed by atoms with Crippen molar-refractivity contribution < 1.29 is 9.21 Å². The number of aromatic amines is 1. The Hall–Kier alpha value is -2.04. The fourth-order valence-electron chi connectivity index (χ4n) is 1.65. The van der Waals surface area contributed by atoms with E-state index in [0.717, 1.165) is 6.54 Å². The van der Waals surface area contributed by atoms with E-state index in [4.69, 9.17) is 4.42 Å². The molecule has 5 heteroatoms. The molecular weight excluding hydrogens is 218 g/mol. The number of hydrogen-bond acceptors (Lipinski definition) is 3. The molecule has 1 amide bonds. The van der Waals surface area contributed by atoms with Crippen LogP contribution in [0.5, 0.6) is 0 Å². The first kappa shape index (κ1) is 10.1. The SMILES string of the molecule is O=C(NCC1CC1)c1cc(-c2ccco2)[nH]n1. The van der Waals surface area contributed by atoms with Crippen LogP contribution in [0.2, 0.25) is 0 Å². The third-order valence-electron chi connectivity index (χ3n) is 2.85. The molecule has 17 heavy (non-hydrogen) atoms. The number of hydrogen-bond donors (Lipinski definition) is 2. The number of aromatic nitrogens is 2. The first-order valence-electron chi connectivity index (χ1n) is 5.70. The van der Waals surface area contributed by atoms with E-state index in [2.05, 4.69) is 15.5 Å². The number of furan rings is 1. The Labute approximate surface area is 98.2 Å². The van der Waals surface area contributed by atoms with Gasteiger partial charge in [0.2, 0.25) is 0 Å². The zero-order valence-electron chi connectivity index (χ0n) is 9.27. The van der Waals surface area contributed by atoms with Crippen LogP contribution < -0.4 is 5.32 Å². The van der Waals surface area contributed by atoms with Gasteiger partial charge >= 0.3 is 0 Å². The molecule has 2 N–H and O–H groups in total. The van der Waals surface area contributed by atoms with E-state index in [0.29, 0.717) is 23.1 Å². The fraction of sp³-hybridized carbons (Fsp3) is 0.333. The summed E-state index contributed by atoms with van der Waals surface area (Å²) in [6.45, 7) is 0.752. The van der Waals surface area contributed by atoms with Gasteiger partial charge in [-0.1, -0.05) is 0 Å². The van der Waals surface area contributed by atoms with Crippen LogP contribution in [0.3, 0.4) is 0 Å². The van der Waals surface area contributed by atoms with Crippen molar-refractivity contribution in [3.8, 4) is 11.5 Å². The van der Waals surface area contributed by atoms with E-state index >= 15 is 0 Å². The van der Waals surface area contributed by atoms with Crippen LogP contribution in [-0.2, 0) is 0 Å². The van der Waals surface area contributed by atoms with Crippen LogP contribution in [0.25, 0.3) is 11.5 Å². The van der Waals surface area contributed by atoms with E-state index in [1.54, 1.807) is 18.4 Å². The molecule has 1 aliphatic rings. The monoisotopic (exact) mass is 231 g/mol. The van der Waals surface area contributed by atoms with Crippen LogP contribution in [0.15, 0.2) is 28.9 Å². The standard InChI is InChI=1S/C12H13N3O2/c16-12(13-7-8-3-4-8)10-6-9(14-15-10)11-2-1-5-17-11/h1-2,5-6,8H,3-4,7H2,(H,13,16)(H,14,15). The summed E-state index contributed by atoms with van der Waals surface area (Å²) in [5.74, 6) is 1.21. The van der Waals surface area contributed by atoms with Crippen molar-refractivity contribution >= 4 is 5.91 Å². The average Bonchev–Trinajstić information content (AvgIpc) is 2.85. The van der Waals surface area contributed by atoms with Crippen LogP contribution in [0.1, 0.15) is 23.3 Å². The first-order valence-corrected chi connectivity index (χ1v) is 5.70. The third kappa shape index (κ3) is 2.22. The highest BCUT2D eigenvalue weighted by Gasteiger charge is 2.22. The molecule has 3 rings (SSSR count). The van der Waals surface area contributed by atoms with Crippen molar-refractivity contribution in [3.63, 3.8) is 0 Å². The quantitative estimate of drug-likeness (QED) is 0.843. The second kappa shape index (κ2) is 4.08. The van der Waals surface area contributed by atoms with Crippen molar-refractivity contribution in [2.75, 3.05) is 6.54 Å². The minimum absolute atomic E-state index is 0.133. The molecule has 2 aromatic heterocycles. The van der Waals surface area contributed by atoms with Crippen molar-refractivity contribution in [2.45, 2.75) is 12.8 Å². The maximum Gasteiger partial charge on any atom is 0.271 e. The minimum atomic E-state index is -0.133. The predicted octanol–water partition coefficient (Wildman–Crippen LogP) is 1.81.